The normalized spacial score (nSPS) is 18.0. The molecule has 1 aliphatic rings. The number of carbonyl (C=O) groups excluding carboxylic acids is 1. The summed E-state index contributed by atoms with van der Waals surface area (Å²) in [6.07, 6.45) is 1.95. The minimum Gasteiger partial charge on any atom is -0.398 e. The van der Waals surface area contributed by atoms with E-state index in [0.29, 0.717) is 17.8 Å². The Morgan fingerprint density at radius 2 is 2.16 bits per heavy atom. The zero-order valence-corrected chi connectivity index (χ0v) is 12.6. The monoisotopic (exact) mass is 326 g/mol. The molecule has 1 saturated heterocycles. The highest BCUT2D eigenvalue weighted by molar-refractivity contribution is 9.10. The summed E-state index contributed by atoms with van der Waals surface area (Å²) in [7, 11) is 0. The lowest BCUT2D eigenvalue weighted by atomic mass is 9.82. The SMILES string of the molecule is CC1(CNC(=O)c2cc(Br)ccc2N)CCOCC1. The lowest BCUT2D eigenvalue weighted by molar-refractivity contribution is 0.0238. The third-order valence-electron chi connectivity index (χ3n) is 3.64. The van der Waals surface area contributed by atoms with Crippen LogP contribution in [0.5, 0.6) is 0 Å². The molecule has 3 N–H and O–H groups in total. The van der Waals surface area contributed by atoms with E-state index in [2.05, 4.69) is 28.2 Å². The molecule has 0 spiro atoms. The molecule has 1 aliphatic heterocycles. The van der Waals surface area contributed by atoms with Crippen LogP contribution in [0.25, 0.3) is 0 Å². The maximum atomic E-state index is 12.2. The standard InChI is InChI=1S/C14H19BrN2O2/c1-14(4-6-19-7-5-14)9-17-13(18)11-8-10(15)2-3-12(11)16/h2-3,8H,4-7,9,16H2,1H3,(H,17,18). The molecule has 0 bridgehead atoms. The van der Waals surface area contributed by atoms with Gasteiger partial charge < -0.3 is 15.8 Å². The first-order valence-corrected chi connectivity index (χ1v) is 7.20. The van der Waals surface area contributed by atoms with Crippen LogP contribution in [0, 0.1) is 5.41 Å². The fourth-order valence-electron chi connectivity index (χ4n) is 2.16. The number of hydrogen-bond acceptors (Lipinski definition) is 3. The van der Waals surface area contributed by atoms with E-state index in [1.165, 1.54) is 0 Å². The van der Waals surface area contributed by atoms with E-state index in [0.717, 1.165) is 30.5 Å². The summed E-state index contributed by atoms with van der Waals surface area (Å²) < 4.78 is 6.20. The average molecular weight is 327 g/mol. The quantitative estimate of drug-likeness (QED) is 0.839. The van der Waals surface area contributed by atoms with Crippen molar-refractivity contribution in [2.45, 2.75) is 19.8 Å². The Morgan fingerprint density at radius 1 is 1.47 bits per heavy atom. The second kappa shape index (κ2) is 5.92. The number of rotatable bonds is 3. The van der Waals surface area contributed by atoms with E-state index < -0.39 is 0 Å². The minimum atomic E-state index is -0.119. The second-order valence-electron chi connectivity index (χ2n) is 5.34. The van der Waals surface area contributed by atoms with Crippen molar-refractivity contribution in [2.75, 3.05) is 25.5 Å². The molecule has 104 valence electrons. The van der Waals surface area contributed by atoms with Crippen molar-refractivity contribution in [3.05, 3.63) is 28.2 Å². The van der Waals surface area contributed by atoms with E-state index >= 15 is 0 Å². The van der Waals surface area contributed by atoms with Gasteiger partial charge in [0, 0.05) is 29.9 Å². The van der Waals surface area contributed by atoms with Crippen molar-refractivity contribution >= 4 is 27.5 Å². The highest BCUT2D eigenvalue weighted by Gasteiger charge is 2.28. The second-order valence-corrected chi connectivity index (χ2v) is 6.25. The zero-order valence-electron chi connectivity index (χ0n) is 11.0. The Hall–Kier alpha value is -1.07. The van der Waals surface area contributed by atoms with E-state index in [-0.39, 0.29) is 11.3 Å². The van der Waals surface area contributed by atoms with Crippen LogP contribution in [-0.2, 0) is 4.74 Å². The van der Waals surface area contributed by atoms with Gasteiger partial charge in [-0.05, 0) is 36.5 Å². The number of carbonyl (C=O) groups is 1. The van der Waals surface area contributed by atoms with Gasteiger partial charge in [0.05, 0.1) is 5.56 Å². The third kappa shape index (κ3) is 3.70. The number of nitrogens with one attached hydrogen (secondary N) is 1. The van der Waals surface area contributed by atoms with Crippen molar-refractivity contribution in [3.8, 4) is 0 Å². The molecule has 1 aromatic rings. The molecular weight excluding hydrogens is 308 g/mol. The van der Waals surface area contributed by atoms with E-state index in [4.69, 9.17) is 10.5 Å². The van der Waals surface area contributed by atoms with Crippen molar-refractivity contribution in [3.63, 3.8) is 0 Å². The first-order chi connectivity index (χ1) is 9.00. The first-order valence-electron chi connectivity index (χ1n) is 6.41. The van der Waals surface area contributed by atoms with Crippen molar-refractivity contribution in [1.29, 1.82) is 0 Å². The Kier molecular flexibility index (Phi) is 4.47. The van der Waals surface area contributed by atoms with Gasteiger partial charge in [0.25, 0.3) is 5.91 Å². The summed E-state index contributed by atoms with van der Waals surface area (Å²) in [6.45, 7) is 4.37. The molecule has 1 fully saturated rings. The fourth-order valence-corrected chi connectivity index (χ4v) is 2.52. The van der Waals surface area contributed by atoms with Gasteiger partial charge in [-0.2, -0.15) is 0 Å². The number of amides is 1. The summed E-state index contributed by atoms with van der Waals surface area (Å²) in [6, 6.07) is 5.30. The van der Waals surface area contributed by atoms with E-state index in [1.807, 2.05) is 6.07 Å². The topological polar surface area (TPSA) is 64.4 Å². The summed E-state index contributed by atoms with van der Waals surface area (Å²) in [5, 5.41) is 2.98. The molecule has 4 nitrogen and oxygen atoms in total. The molecule has 0 aromatic heterocycles. The number of halogens is 1. The maximum absolute atomic E-state index is 12.2. The van der Waals surface area contributed by atoms with Crippen LogP contribution in [0.3, 0.4) is 0 Å². The van der Waals surface area contributed by atoms with Crippen LogP contribution >= 0.6 is 15.9 Å². The predicted octanol–water partition coefficient (Wildman–Crippen LogP) is 2.58. The minimum absolute atomic E-state index is 0.119. The van der Waals surface area contributed by atoms with Gasteiger partial charge in [-0.1, -0.05) is 22.9 Å². The van der Waals surface area contributed by atoms with E-state index in [1.54, 1.807) is 12.1 Å². The van der Waals surface area contributed by atoms with Crippen LogP contribution in [0.1, 0.15) is 30.1 Å². The van der Waals surface area contributed by atoms with Gasteiger partial charge in [-0.25, -0.2) is 0 Å². The molecule has 2 rings (SSSR count). The van der Waals surface area contributed by atoms with Crippen LogP contribution in [0.2, 0.25) is 0 Å². The van der Waals surface area contributed by atoms with Gasteiger partial charge in [0.1, 0.15) is 0 Å². The molecule has 5 heteroatoms. The number of nitrogen functional groups attached to an aromatic ring is 1. The highest BCUT2D eigenvalue weighted by atomic mass is 79.9. The van der Waals surface area contributed by atoms with Gasteiger partial charge in [-0.15, -0.1) is 0 Å². The van der Waals surface area contributed by atoms with E-state index in [9.17, 15) is 4.79 Å². The van der Waals surface area contributed by atoms with Crippen LogP contribution in [0.15, 0.2) is 22.7 Å². The number of hydrogen-bond donors (Lipinski definition) is 2. The summed E-state index contributed by atoms with van der Waals surface area (Å²) >= 11 is 3.35. The largest absolute Gasteiger partial charge is 0.398 e. The molecule has 0 saturated carbocycles. The number of ether oxygens (including phenoxy) is 1. The smallest absolute Gasteiger partial charge is 0.253 e. The zero-order chi connectivity index (χ0) is 13.9. The lowest BCUT2D eigenvalue weighted by Crippen LogP contribution is -2.39. The molecule has 0 atom stereocenters. The molecule has 0 unspecified atom stereocenters. The fraction of sp³-hybridized carbons (Fsp3) is 0.500. The third-order valence-corrected chi connectivity index (χ3v) is 4.13. The summed E-state index contributed by atoms with van der Waals surface area (Å²) in [5.41, 5.74) is 6.97. The predicted molar refractivity (Wildman–Crippen MR) is 79.0 cm³/mol. The molecule has 1 aromatic carbocycles. The van der Waals surface area contributed by atoms with Gasteiger partial charge >= 0.3 is 0 Å². The van der Waals surface area contributed by atoms with Crippen LogP contribution in [-0.4, -0.2) is 25.7 Å². The molecule has 19 heavy (non-hydrogen) atoms. The molecule has 0 aliphatic carbocycles. The van der Waals surface area contributed by atoms with Crippen LogP contribution in [0.4, 0.5) is 5.69 Å². The Morgan fingerprint density at radius 3 is 2.84 bits per heavy atom. The molecule has 1 amide bonds. The molecular formula is C14H19BrN2O2. The molecule has 0 radical (unpaired) electrons. The number of nitrogens with two attached hydrogens (primary N) is 1. The number of benzene rings is 1. The van der Waals surface area contributed by atoms with Crippen molar-refractivity contribution in [1.82, 2.24) is 5.32 Å². The average Bonchev–Trinajstić information content (AvgIpc) is 2.40. The van der Waals surface area contributed by atoms with Gasteiger partial charge in [0.15, 0.2) is 0 Å². The Balaban J connectivity index is 1.99. The number of anilines is 1. The summed E-state index contributed by atoms with van der Waals surface area (Å²) in [4.78, 5) is 12.2. The Bertz CT molecular complexity index is 471. The molecule has 1 heterocycles. The van der Waals surface area contributed by atoms with Crippen LogP contribution < -0.4 is 11.1 Å². The summed E-state index contributed by atoms with van der Waals surface area (Å²) in [5.74, 6) is -0.119. The van der Waals surface area contributed by atoms with Gasteiger partial charge in [0.2, 0.25) is 0 Å². The lowest BCUT2D eigenvalue weighted by Gasteiger charge is -2.33. The van der Waals surface area contributed by atoms with Crippen molar-refractivity contribution in [2.24, 2.45) is 5.41 Å². The maximum Gasteiger partial charge on any atom is 0.253 e. The van der Waals surface area contributed by atoms with Gasteiger partial charge in [-0.3, -0.25) is 4.79 Å². The first kappa shape index (κ1) is 14.3. The Labute approximate surface area is 121 Å². The van der Waals surface area contributed by atoms with Crippen molar-refractivity contribution < 1.29 is 9.53 Å². The highest BCUT2D eigenvalue weighted by Crippen LogP contribution is 2.29.